The topological polar surface area (TPSA) is 29.5 Å². The normalized spacial score (nSPS) is 18.1. The van der Waals surface area contributed by atoms with E-state index in [2.05, 4.69) is 77.7 Å². The molecule has 0 aromatic heterocycles. The molecule has 0 N–H and O–H groups in total. The number of carbonyl (C=O) groups excluding carboxylic acids is 1. The lowest BCUT2D eigenvalue weighted by molar-refractivity contribution is 0.0600. The summed E-state index contributed by atoms with van der Waals surface area (Å²) in [5.74, 6) is 0.229. The molecule has 1 saturated carbocycles. The second kappa shape index (κ2) is 8.41. The lowest BCUT2D eigenvalue weighted by Gasteiger charge is -2.23. The van der Waals surface area contributed by atoms with E-state index in [1.54, 1.807) is 0 Å². The van der Waals surface area contributed by atoms with E-state index >= 15 is 0 Å². The van der Waals surface area contributed by atoms with E-state index in [9.17, 15) is 4.79 Å². The zero-order chi connectivity index (χ0) is 19.3. The van der Waals surface area contributed by atoms with Crippen molar-refractivity contribution in [3.05, 3.63) is 107 Å². The van der Waals surface area contributed by atoms with Gasteiger partial charge in [0.05, 0.1) is 12.7 Å². The summed E-state index contributed by atoms with van der Waals surface area (Å²) in [4.78, 5) is 14.2. The standard InChI is InChI=1S/C25H25NO2/c1-28-25(27)22-14-12-21(13-15-22)23-16-24(23)26(17-19-8-4-2-5-9-19)18-20-10-6-3-7-11-20/h2-15,23-24H,16-18H2,1H3/t23-,24+/m1/s1. The number of rotatable bonds is 7. The molecule has 0 aliphatic heterocycles. The number of carbonyl (C=O) groups is 1. The van der Waals surface area contributed by atoms with Crippen LogP contribution in [-0.4, -0.2) is 24.0 Å². The number of nitrogens with zero attached hydrogens (tertiary/aromatic N) is 1. The first-order valence-corrected chi connectivity index (χ1v) is 9.75. The number of benzene rings is 3. The summed E-state index contributed by atoms with van der Waals surface area (Å²) in [6.45, 7) is 1.88. The van der Waals surface area contributed by atoms with Crippen molar-refractivity contribution in [2.75, 3.05) is 7.11 Å². The molecule has 0 unspecified atom stereocenters. The van der Waals surface area contributed by atoms with E-state index in [0.717, 1.165) is 19.5 Å². The number of esters is 1. The average molecular weight is 371 g/mol. The Hall–Kier alpha value is -2.91. The van der Waals surface area contributed by atoms with Crippen molar-refractivity contribution >= 4 is 5.97 Å². The van der Waals surface area contributed by atoms with Crippen LogP contribution in [-0.2, 0) is 17.8 Å². The molecule has 0 spiro atoms. The van der Waals surface area contributed by atoms with Gasteiger partial charge in [-0.25, -0.2) is 4.79 Å². The molecule has 4 rings (SSSR count). The second-order valence-corrected chi connectivity index (χ2v) is 7.40. The van der Waals surface area contributed by atoms with E-state index in [0.29, 0.717) is 17.5 Å². The van der Waals surface area contributed by atoms with Crippen molar-refractivity contribution in [2.45, 2.75) is 31.5 Å². The molecule has 3 heteroatoms. The molecule has 0 radical (unpaired) electrons. The quantitative estimate of drug-likeness (QED) is 0.546. The fourth-order valence-corrected chi connectivity index (χ4v) is 3.85. The van der Waals surface area contributed by atoms with E-state index in [1.807, 2.05) is 12.1 Å². The van der Waals surface area contributed by atoms with Gasteiger partial charge in [-0.3, -0.25) is 4.90 Å². The Morgan fingerprint density at radius 1 is 0.857 bits per heavy atom. The molecule has 0 saturated heterocycles. The van der Waals surface area contributed by atoms with Crippen molar-refractivity contribution in [3.63, 3.8) is 0 Å². The maximum absolute atomic E-state index is 11.7. The Morgan fingerprint density at radius 3 is 1.89 bits per heavy atom. The summed E-state index contributed by atoms with van der Waals surface area (Å²) in [6.07, 6.45) is 1.15. The molecule has 0 heterocycles. The van der Waals surface area contributed by atoms with Crippen molar-refractivity contribution in [1.29, 1.82) is 0 Å². The molecule has 0 amide bonds. The van der Waals surface area contributed by atoms with E-state index in [-0.39, 0.29) is 5.97 Å². The Balaban J connectivity index is 1.50. The first-order valence-electron chi connectivity index (χ1n) is 9.75. The third-order valence-electron chi connectivity index (χ3n) is 5.44. The number of ether oxygens (including phenoxy) is 1. The summed E-state index contributed by atoms with van der Waals surface area (Å²) in [6, 6.07) is 29.7. The van der Waals surface area contributed by atoms with Crippen LogP contribution in [0.5, 0.6) is 0 Å². The van der Waals surface area contributed by atoms with Gasteiger partial charge < -0.3 is 4.74 Å². The molecule has 1 fully saturated rings. The van der Waals surface area contributed by atoms with Crippen LogP contribution in [0, 0.1) is 0 Å². The fourth-order valence-electron chi connectivity index (χ4n) is 3.85. The first-order chi connectivity index (χ1) is 13.7. The average Bonchev–Trinajstić information content (AvgIpc) is 3.55. The second-order valence-electron chi connectivity index (χ2n) is 7.40. The van der Waals surface area contributed by atoms with Crippen LogP contribution < -0.4 is 0 Å². The first kappa shape index (κ1) is 18.5. The van der Waals surface area contributed by atoms with Gasteiger partial charge >= 0.3 is 5.97 Å². The lowest BCUT2D eigenvalue weighted by Crippen LogP contribution is -2.26. The van der Waals surface area contributed by atoms with E-state index in [1.165, 1.54) is 23.8 Å². The monoisotopic (exact) mass is 371 g/mol. The Bertz CT molecular complexity index is 865. The highest BCUT2D eigenvalue weighted by atomic mass is 16.5. The van der Waals surface area contributed by atoms with Crippen molar-refractivity contribution in [2.24, 2.45) is 0 Å². The van der Waals surface area contributed by atoms with Crippen LogP contribution in [0.4, 0.5) is 0 Å². The van der Waals surface area contributed by atoms with Gasteiger partial charge in [-0.05, 0) is 35.2 Å². The van der Waals surface area contributed by atoms with Gasteiger partial charge in [-0.1, -0.05) is 72.8 Å². The predicted octanol–water partition coefficient (Wildman–Crippen LogP) is 5.03. The molecule has 3 aromatic carbocycles. The van der Waals surface area contributed by atoms with Gasteiger partial charge in [0.25, 0.3) is 0 Å². The Kier molecular flexibility index (Phi) is 5.54. The zero-order valence-corrected chi connectivity index (χ0v) is 16.1. The Morgan fingerprint density at radius 2 is 1.39 bits per heavy atom. The van der Waals surface area contributed by atoms with Crippen molar-refractivity contribution < 1.29 is 9.53 Å². The van der Waals surface area contributed by atoms with Gasteiger partial charge in [0.1, 0.15) is 0 Å². The van der Waals surface area contributed by atoms with E-state index in [4.69, 9.17) is 4.74 Å². The van der Waals surface area contributed by atoms with Crippen LogP contribution in [0.2, 0.25) is 0 Å². The van der Waals surface area contributed by atoms with Crippen LogP contribution in [0.25, 0.3) is 0 Å². The summed E-state index contributed by atoms with van der Waals surface area (Å²) in [5.41, 5.74) is 4.58. The molecule has 2 atom stereocenters. The molecule has 1 aliphatic carbocycles. The highest BCUT2D eigenvalue weighted by Gasteiger charge is 2.42. The minimum Gasteiger partial charge on any atom is -0.465 e. The van der Waals surface area contributed by atoms with Gasteiger partial charge in [-0.2, -0.15) is 0 Å². The Labute approximate surface area is 166 Å². The molecule has 0 bridgehead atoms. The van der Waals surface area contributed by atoms with Gasteiger partial charge in [0.2, 0.25) is 0 Å². The zero-order valence-electron chi connectivity index (χ0n) is 16.1. The molecular weight excluding hydrogens is 346 g/mol. The number of hydrogen-bond donors (Lipinski definition) is 0. The predicted molar refractivity (Wildman–Crippen MR) is 111 cm³/mol. The van der Waals surface area contributed by atoms with Crippen LogP contribution in [0.3, 0.4) is 0 Å². The molecule has 28 heavy (non-hydrogen) atoms. The number of hydrogen-bond acceptors (Lipinski definition) is 3. The third kappa shape index (κ3) is 4.32. The molecular formula is C25H25NO2. The van der Waals surface area contributed by atoms with Gasteiger partial charge in [0, 0.05) is 25.0 Å². The summed E-state index contributed by atoms with van der Waals surface area (Å²) >= 11 is 0. The molecule has 142 valence electrons. The number of methoxy groups -OCH3 is 1. The highest BCUT2D eigenvalue weighted by molar-refractivity contribution is 5.89. The van der Waals surface area contributed by atoms with Gasteiger partial charge in [-0.15, -0.1) is 0 Å². The molecule has 3 aromatic rings. The lowest BCUT2D eigenvalue weighted by atomic mass is 10.1. The molecule has 3 nitrogen and oxygen atoms in total. The fraction of sp³-hybridized carbons (Fsp3) is 0.240. The smallest absolute Gasteiger partial charge is 0.337 e. The van der Waals surface area contributed by atoms with Crippen LogP contribution in [0.15, 0.2) is 84.9 Å². The van der Waals surface area contributed by atoms with Crippen molar-refractivity contribution in [3.8, 4) is 0 Å². The van der Waals surface area contributed by atoms with E-state index < -0.39 is 0 Å². The largest absolute Gasteiger partial charge is 0.465 e. The van der Waals surface area contributed by atoms with Crippen LogP contribution in [0.1, 0.15) is 39.4 Å². The maximum atomic E-state index is 11.7. The minimum atomic E-state index is -0.284. The highest BCUT2D eigenvalue weighted by Crippen LogP contribution is 2.45. The van der Waals surface area contributed by atoms with Gasteiger partial charge in [0.15, 0.2) is 0 Å². The van der Waals surface area contributed by atoms with Crippen LogP contribution >= 0.6 is 0 Å². The summed E-state index contributed by atoms with van der Waals surface area (Å²) in [7, 11) is 1.41. The summed E-state index contributed by atoms with van der Waals surface area (Å²) < 4.78 is 4.80. The SMILES string of the molecule is COC(=O)c1ccc([C@H]2C[C@@H]2N(Cc2ccccc2)Cc2ccccc2)cc1. The third-order valence-corrected chi connectivity index (χ3v) is 5.44. The van der Waals surface area contributed by atoms with Crippen molar-refractivity contribution in [1.82, 2.24) is 4.90 Å². The summed E-state index contributed by atoms with van der Waals surface area (Å²) in [5, 5.41) is 0. The maximum Gasteiger partial charge on any atom is 0.337 e. The minimum absolute atomic E-state index is 0.284. The molecule has 1 aliphatic rings.